The molecule has 0 saturated carbocycles. The van der Waals surface area contributed by atoms with Gasteiger partial charge in [-0.2, -0.15) is 0 Å². The lowest BCUT2D eigenvalue weighted by Crippen LogP contribution is -2.35. The number of hydrogen-bond donors (Lipinski definition) is 1. The Hall–Kier alpha value is -2.82. The fraction of sp³-hybridized carbons (Fsp3) is 0.364. The van der Waals surface area contributed by atoms with Crippen LogP contribution >= 0.6 is 0 Å². The minimum Gasteiger partial charge on any atom is -0.494 e. The summed E-state index contributed by atoms with van der Waals surface area (Å²) in [4.78, 5) is 24.5. The second-order valence-electron chi connectivity index (χ2n) is 6.20. The summed E-state index contributed by atoms with van der Waals surface area (Å²) < 4.78 is 10.6. The topological polar surface area (TPSA) is 64.6 Å². The van der Waals surface area contributed by atoms with E-state index in [1.54, 1.807) is 6.92 Å². The number of carbonyl (C=O) groups excluding carboxylic acids is 2. The van der Waals surface area contributed by atoms with E-state index >= 15 is 0 Å². The summed E-state index contributed by atoms with van der Waals surface area (Å²) in [5, 5.41) is 2.86. The first-order valence-corrected chi connectivity index (χ1v) is 9.31. The molecule has 1 atom stereocenters. The number of hydrogen-bond acceptors (Lipinski definition) is 4. The van der Waals surface area contributed by atoms with E-state index in [9.17, 15) is 9.59 Å². The van der Waals surface area contributed by atoms with Crippen molar-refractivity contribution in [3.63, 3.8) is 0 Å². The molecule has 0 aliphatic rings. The first-order valence-electron chi connectivity index (χ1n) is 9.31. The predicted octanol–water partition coefficient (Wildman–Crippen LogP) is 3.17. The van der Waals surface area contributed by atoms with Crippen LogP contribution in [0.15, 0.2) is 54.6 Å². The van der Waals surface area contributed by atoms with E-state index in [0.717, 1.165) is 16.9 Å². The van der Waals surface area contributed by atoms with Gasteiger partial charge in [0.05, 0.1) is 25.6 Å². The highest BCUT2D eigenvalue weighted by Crippen LogP contribution is 2.13. The number of ether oxygens (including phenoxy) is 2. The van der Waals surface area contributed by atoms with Crippen LogP contribution in [0.2, 0.25) is 0 Å². The Morgan fingerprint density at radius 3 is 2.26 bits per heavy atom. The molecule has 0 spiro atoms. The fourth-order valence-electron chi connectivity index (χ4n) is 2.75. The van der Waals surface area contributed by atoms with E-state index in [2.05, 4.69) is 5.32 Å². The zero-order valence-corrected chi connectivity index (χ0v) is 15.9. The van der Waals surface area contributed by atoms with Crippen molar-refractivity contribution in [1.29, 1.82) is 0 Å². The first-order chi connectivity index (χ1) is 13.1. The summed E-state index contributed by atoms with van der Waals surface area (Å²) >= 11 is 0. The Balaban J connectivity index is 1.90. The smallest absolute Gasteiger partial charge is 0.311 e. The van der Waals surface area contributed by atoms with Gasteiger partial charge in [-0.15, -0.1) is 0 Å². The lowest BCUT2D eigenvalue weighted by atomic mass is 9.99. The average molecular weight is 369 g/mol. The summed E-state index contributed by atoms with van der Waals surface area (Å²) in [5.74, 6) is -0.0345. The lowest BCUT2D eigenvalue weighted by molar-refractivity contribution is -0.147. The number of benzene rings is 2. The van der Waals surface area contributed by atoms with Crippen LogP contribution in [0.25, 0.3) is 0 Å². The molecule has 1 amide bonds. The van der Waals surface area contributed by atoms with Gasteiger partial charge in [0.15, 0.2) is 0 Å². The predicted molar refractivity (Wildman–Crippen MR) is 105 cm³/mol. The zero-order valence-electron chi connectivity index (χ0n) is 15.9. The van der Waals surface area contributed by atoms with Gasteiger partial charge in [-0.1, -0.05) is 42.5 Å². The van der Waals surface area contributed by atoms with E-state index in [-0.39, 0.29) is 24.8 Å². The zero-order chi connectivity index (χ0) is 19.5. The van der Waals surface area contributed by atoms with E-state index in [0.29, 0.717) is 19.6 Å². The highest BCUT2D eigenvalue weighted by atomic mass is 16.5. The van der Waals surface area contributed by atoms with Crippen LogP contribution in [0.4, 0.5) is 0 Å². The van der Waals surface area contributed by atoms with E-state index in [1.165, 1.54) is 0 Å². The van der Waals surface area contributed by atoms with Gasteiger partial charge in [-0.05, 0) is 43.5 Å². The minimum atomic E-state index is -0.406. The Kier molecular flexibility index (Phi) is 8.36. The third kappa shape index (κ3) is 7.13. The van der Waals surface area contributed by atoms with E-state index < -0.39 is 5.92 Å². The van der Waals surface area contributed by atoms with Crippen molar-refractivity contribution < 1.29 is 19.1 Å². The van der Waals surface area contributed by atoms with Crippen molar-refractivity contribution in [1.82, 2.24) is 5.32 Å². The molecule has 27 heavy (non-hydrogen) atoms. The molecule has 1 N–H and O–H groups in total. The second kappa shape index (κ2) is 11.0. The van der Waals surface area contributed by atoms with Gasteiger partial charge in [0.25, 0.3) is 0 Å². The van der Waals surface area contributed by atoms with Gasteiger partial charge in [-0.25, -0.2) is 0 Å². The number of carbonyl (C=O) groups is 2. The van der Waals surface area contributed by atoms with Crippen LogP contribution in [0.3, 0.4) is 0 Å². The van der Waals surface area contributed by atoms with Crippen molar-refractivity contribution >= 4 is 11.9 Å². The van der Waals surface area contributed by atoms with Gasteiger partial charge in [0.1, 0.15) is 5.75 Å². The lowest BCUT2D eigenvalue weighted by Gasteiger charge is -2.16. The number of nitrogens with one attached hydrogen (secondary N) is 1. The van der Waals surface area contributed by atoms with Gasteiger partial charge >= 0.3 is 5.97 Å². The Bertz CT molecular complexity index is 713. The molecule has 2 aromatic carbocycles. The third-order valence-electron chi connectivity index (χ3n) is 4.09. The molecular formula is C22H27NO4. The summed E-state index contributed by atoms with van der Waals surface area (Å²) in [6.45, 7) is 4.89. The number of rotatable bonds is 10. The summed E-state index contributed by atoms with van der Waals surface area (Å²) in [7, 11) is 0. The Morgan fingerprint density at radius 1 is 0.926 bits per heavy atom. The van der Waals surface area contributed by atoms with Crippen LogP contribution < -0.4 is 10.1 Å². The molecule has 5 nitrogen and oxygen atoms in total. The third-order valence-corrected chi connectivity index (χ3v) is 4.09. The monoisotopic (exact) mass is 369 g/mol. The van der Waals surface area contributed by atoms with Crippen LogP contribution in [-0.2, 0) is 27.2 Å². The van der Waals surface area contributed by atoms with Crippen LogP contribution in [-0.4, -0.2) is 31.6 Å². The molecule has 144 valence electrons. The highest BCUT2D eigenvalue weighted by molar-refractivity contribution is 5.80. The van der Waals surface area contributed by atoms with Gasteiger partial charge < -0.3 is 14.8 Å². The van der Waals surface area contributed by atoms with Crippen LogP contribution in [0.5, 0.6) is 5.75 Å². The molecule has 1 unspecified atom stereocenters. The highest BCUT2D eigenvalue weighted by Gasteiger charge is 2.21. The Labute approximate surface area is 160 Å². The normalized spacial score (nSPS) is 11.5. The van der Waals surface area contributed by atoms with Gasteiger partial charge in [0.2, 0.25) is 5.91 Å². The van der Waals surface area contributed by atoms with Gasteiger partial charge in [-0.3, -0.25) is 9.59 Å². The largest absolute Gasteiger partial charge is 0.494 e. The summed E-state index contributed by atoms with van der Waals surface area (Å²) in [6, 6.07) is 17.2. The SMILES string of the molecule is CCOC(=O)C(CNC(=O)Cc1ccc(OCC)cc1)Cc1ccccc1. The molecule has 0 aromatic heterocycles. The molecule has 0 bridgehead atoms. The molecule has 0 aliphatic carbocycles. The maximum atomic E-state index is 12.3. The van der Waals surface area contributed by atoms with Gasteiger partial charge in [0, 0.05) is 6.54 Å². The molecule has 0 heterocycles. The second-order valence-corrected chi connectivity index (χ2v) is 6.20. The molecular weight excluding hydrogens is 342 g/mol. The molecule has 0 radical (unpaired) electrons. The standard InChI is InChI=1S/C22H27NO4/c1-3-26-20-12-10-18(11-13-20)15-21(24)23-16-19(22(25)27-4-2)14-17-8-6-5-7-9-17/h5-13,19H,3-4,14-16H2,1-2H3,(H,23,24). The fourth-order valence-corrected chi connectivity index (χ4v) is 2.75. The summed E-state index contributed by atoms with van der Waals surface area (Å²) in [6.07, 6.45) is 0.788. The number of esters is 1. The molecule has 0 saturated heterocycles. The molecule has 0 fully saturated rings. The minimum absolute atomic E-state index is 0.124. The average Bonchev–Trinajstić information content (AvgIpc) is 2.68. The first kappa shape index (κ1) is 20.5. The molecule has 2 aromatic rings. The molecule has 0 aliphatic heterocycles. The van der Waals surface area contributed by atoms with Crippen molar-refractivity contribution in [2.24, 2.45) is 5.92 Å². The number of amides is 1. The Morgan fingerprint density at radius 2 is 1.63 bits per heavy atom. The van der Waals surface area contributed by atoms with Crippen LogP contribution in [0, 0.1) is 5.92 Å². The maximum absolute atomic E-state index is 12.3. The van der Waals surface area contributed by atoms with E-state index in [4.69, 9.17) is 9.47 Å². The maximum Gasteiger partial charge on any atom is 0.311 e. The molecule has 5 heteroatoms. The van der Waals surface area contributed by atoms with Crippen molar-refractivity contribution in [2.45, 2.75) is 26.7 Å². The van der Waals surface area contributed by atoms with Crippen molar-refractivity contribution in [3.05, 3.63) is 65.7 Å². The summed E-state index contributed by atoms with van der Waals surface area (Å²) in [5.41, 5.74) is 1.93. The molecule has 2 rings (SSSR count). The quantitative estimate of drug-likeness (QED) is 0.654. The van der Waals surface area contributed by atoms with Crippen LogP contribution in [0.1, 0.15) is 25.0 Å². The van der Waals surface area contributed by atoms with Crippen molar-refractivity contribution in [3.8, 4) is 5.75 Å². The van der Waals surface area contributed by atoms with E-state index in [1.807, 2.05) is 61.5 Å². The van der Waals surface area contributed by atoms with Crippen molar-refractivity contribution in [2.75, 3.05) is 19.8 Å².